The van der Waals surface area contributed by atoms with Gasteiger partial charge in [0.2, 0.25) is 0 Å². The third kappa shape index (κ3) is 13.8. The molecule has 2 aromatic carbocycles. The van der Waals surface area contributed by atoms with Gasteiger partial charge in [0.15, 0.2) is 0 Å². The summed E-state index contributed by atoms with van der Waals surface area (Å²) >= 11 is 4.55. The van der Waals surface area contributed by atoms with Crippen LogP contribution in [0.15, 0.2) is 51.5 Å². The van der Waals surface area contributed by atoms with Gasteiger partial charge in [-0.1, -0.05) is 16.8 Å². The summed E-state index contributed by atoms with van der Waals surface area (Å²) in [5, 5.41) is 8.40. The van der Waals surface area contributed by atoms with Crippen LogP contribution in [-0.2, 0) is 27.3 Å². The minimum Gasteiger partial charge on any atom is -0.444 e. The topological polar surface area (TPSA) is 134 Å². The number of morpholine rings is 2. The molecule has 0 bridgehead atoms. The van der Waals surface area contributed by atoms with Gasteiger partial charge in [0.05, 0.1) is 38.2 Å². The molecular weight excluding hydrogens is 698 g/mol. The normalized spacial score (nSPS) is 19.0. The summed E-state index contributed by atoms with van der Waals surface area (Å²) in [6.07, 6.45) is -0.275. The number of hydrogen-bond donors (Lipinski definition) is 2. The molecule has 14 nitrogen and oxygen atoms in total. The molecule has 1 amide bonds. The van der Waals surface area contributed by atoms with Crippen LogP contribution in [0.25, 0.3) is 0 Å². The molecule has 4 saturated heterocycles. The molecular formula is C35H53ClF2N10O4. The SMILES string of the molecule is CC(C)(C)OC(=O)N1CCN(Cc2ccc(N3CCOCC3)cc2F)CC1.Fc1cc(N2CCOCC2)ccc1CN1CCNCC1.N=NN=NCl. The van der Waals surface area contributed by atoms with Crippen LogP contribution < -0.4 is 15.1 Å². The lowest BCUT2D eigenvalue weighted by atomic mass is 10.1. The first-order chi connectivity index (χ1) is 25.1. The first kappa shape index (κ1) is 41.2. The number of ether oxygens (including phenoxy) is 3. The second kappa shape index (κ2) is 21.2. The molecule has 17 heteroatoms. The van der Waals surface area contributed by atoms with Gasteiger partial charge in [0.1, 0.15) is 17.2 Å². The van der Waals surface area contributed by atoms with E-state index in [-0.39, 0.29) is 17.7 Å². The average molecular weight is 751 g/mol. The molecule has 288 valence electrons. The van der Waals surface area contributed by atoms with Crippen LogP contribution >= 0.6 is 11.8 Å². The number of carbonyl (C=O) groups excluding carboxylic acids is 1. The molecule has 52 heavy (non-hydrogen) atoms. The highest BCUT2D eigenvalue weighted by molar-refractivity contribution is 6.13. The standard InChI is InChI=1S/C20H30FN3O3.C15H22FN3O.ClHN4/c1-20(2,3)27-19(25)24-8-6-22(7-9-24)15-16-4-5-17(14-18(16)21)23-10-12-26-13-11-23;16-15-11-14(19-7-9-20-10-8-19)2-1-13(15)12-18-5-3-17-4-6-18;1-3-5-4-2/h4-5,14H,6-13,15H2,1-3H3;1-2,11,17H,3-10,12H2;2H. The first-order valence-corrected chi connectivity index (χ1v) is 18.1. The molecule has 0 atom stereocenters. The van der Waals surface area contributed by atoms with Crippen molar-refractivity contribution in [2.45, 2.75) is 39.5 Å². The Labute approximate surface area is 310 Å². The Morgan fingerprint density at radius 3 is 1.63 bits per heavy atom. The first-order valence-electron chi connectivity index (χ1n) is 17.8. The fourth-order valence-corrected chi connectivity index (χ4v) is 6.18. The van der Waals surface area contributed by atoms with E-state index >= 15 is 0 Å². The number of nitrogens with zero attached hydrogens (tertiary/aromatic N) is 8. The highest BCUT2D eigenvalue weighted by atomic mass is 35.5. The Hall–Kier alpha value is -3.54. The second-order valence-corrected chi connectivity index (χ2v) is 13.9. The minimum atomic E-state index is -0.487. The maximum Gasteiger partial charge on any atom is 0.410 e. The third-order valence-electron chi connectivity index (χ3n) is 8.93. The number of piperazine rings is 2. The van der Waals surface area contributed by atoms with E-state index in [9.17, 15) is 13.6 Å². The third-order valence-corrected chi connectivity index (χ3v) is 8.99. The fraction of sp³-hybridized carbons (Fsp3) is 0.629. The van der Waals surface area contributed by atoms with Crippen LogP contribution in [0.3, 0.4) is 0 Å². The molecule has 2 aromatic rings. The van der Waals surface area contributed by atoms with Crippen LogP contribution in [0.5, 0.6) is 0 Å². The van der Waals surface area contributed by atoms with Crippen molar-refractivity contribution < 1.29 is 27.8 Å². The maximum atomic E-state index is 14.6. The van der Waals surface area contributed by atoms with Crippen LogP contribution in [-0.4, -0.2) is 131 Å². The highest BCUT2D eigenvalue weighted by Gasteiger charge is 2.26. The lowest BCUT2D eigenvalue weighted by Gasteiger charge is -2.35. The molecule has 0 saturated carbocycles. The van der Waals surface area contributed by atoms with Gasteiger partial charge in [-0.3, -0.25) is 9.80 Å². The van der Waals surface area contributed by atoms with Crippen LogP contribution in [0.4, 0.5) is 25.0 Å². The summed E-state index contributed by atoms with van der Waals surface area (Å²) in [6, 6.07) is 11.1. The van der Waals surface area contributed by atoms with Crippen molar-refractivity contribution in [3.05, 3.63) is 59.2 Å². The van der Waals surface area contributed by atoms with Gasteiger partial charge in [-0.05, 0) is 55.5 Å². The largest absolute Gasteiger partial charge is 0.444 e. The van der Waals surface area contributed by atoms with E-state index in [1.165, 1.54) is 0 Å². The predicted molar refractivity (Wildman–Crippen MR) is 196 cm³/mol. The zero-order valence-corrected chi connectivity index (χ0v) is 31.3. The van der Waals surface area contributed by atoms with Crippen LogP contribution in [0.2, 0.25) is 0 Å². The van der Waals surface area contributed by atoms with Crippen molar-refractivity contribution in [3.8, 4) is 0 Å². The van der Waals surface area contributed by atoms with Crippen molar-refractivity contribution in [3.63, 3.8) is 0 Å². The van der Waals surface area contributed by atoms with E-state index in [0.717, 1.165) is 82.5 Å². The van der Waals surface area contributed by atoms with Crippen LogP contribution in [0.1, 0.15) is 31.9 Å². The summed E-state index contributed by atoms with van der Waals surface area (Å²) in [6.45, 7) is 19.6. The molecule has 0 unspecified atom stereocenters. The van der Waals surface area contributed by atoms with Gasteiger partial charge in [-0.15, -0.1) is 0 Å². The number of anilines is 2. The van der Waals surface area contributed by atoms with Gasteiger partial charge >= 0.3 is 6.09 Å². The van der Waals surface area contributed by atoms with Crippen molar-refractivity contribution in [2.24, 2.45) is 15.1 Å². The molecule has 4 fully saturated rings. The smallest absolute Gasteiger partial charge is 0.410 e. The van der Waals surface area contributed by atoms with Gasteiger partial charge in [-0.2, -0.15) is 5.53 Å². The second-order valence-electron chi connectivity index (χ2n) is 13.8. The number of halogens is 3. The van der Waals surface area contributed by atoms with E-state index < -0.39 is 5.60 Å². The molecule has 4 aliphatic heterocycles. The van der Waals surface area contributed by atoms with E-state index in [1.54, 1.807) is 17.0 Å². The Morgan fingerprint density at radius 2 is 1.25 bits per heavy atom. The monoisotopic (exact) mass is 750 g/mol. The number of rotatable bonds is 7. The number of hydrogen-bond acceptors (Lipinski definition) is 11. The predicted octanol–water partition coefficient (Wildman–Crippen LogP) is 5.32. The molecule has 6 rings (SSSR count). The fourth-order valence-electron chi connectivity index (χ4n) is 6.15. The lowest BCUT2D eigenvalue weighted by molar-refractivity contribution is 0.0138. The molecule has 0 spiro atoms. The number of nitrogens with one attached hydrogen (secondary N) is 2. The molecule has 0 radical (unpaired) electrons. The average Bonchev–Trinajstić information content (AvgIpc) is 3.15. The Morgan fingerprint density at radius 1 is 0.788 bits per heavy atom. The molecule has 4 aliphatic rings. The number of carbonyl (C=O) groups is 1. The van der Waals surface area contributed by atoms with Gasteiger partial charge in [0.25, 0.3) is 0 Å². The Balaban J connectivity index is 0.000000213. The molecule has 4 heterocycles. The maximum absolute atomic E-state index is 14.6. The summed E-state index contributed by atoms with van der Waals surface area (Å²) in [5.41, 5.74) is 8.76. The Bertz CT molecular complexity index is 1430. The molecule has 0 aromatic heterocycles. The summed E-state index contributed by atoms with van der Waals surface area (Å²) < 4.78 is 47.5. The highest BCUT2D eigenvalue weighted by Crippen LogP contribution is 2.23. The number of amides is 1. The summed E-state index contributed by atoms with van der Waals surface area (Å²) in [5.74, 6) is -0.263. The summed E-state index contributed by atoms with van der Waals surface area (Å²) in [4.78, 5) is 22.7. The zero-order chi connectivity index (χ0) is 37.3. The molecule has 2 N–H and O–H groups in total. The van der Waals surface area contributed by atoms with Gasteiger partial charge < -0.3 is 34.2 Å². The molecule has 0 aliphatic carbocycles. The van der Waals surface area contributed by atoms with E-state index in [2.05, 4.69) is 51.8 Å². The zero-order valence-electron chi connectivity index (χ0n) is 30.5. The van der Waals surface area contributed by atoms with E-state index in [4.69, 9.17) is 19.7 Å². The Kier molecular flexibility index (Phi) is 16.8. The van der Waals surface area contributed by atoms with Crippen molar-refractivity contribution in [1.82, 2.24) is 20.0 Å². The van der Waals surface area contributed by atoms with E-state index in [0.29, 0.717) is 58.0 Å². The van der Waals surface area contributed by atoms with Gasteiger partial charge in [-0.25, -0.2) is 13.6 Å². The quantitative estimate of drug-likeness (QED) is 0.285. The van der Waals surface area contributed by atoms with Crippen molar-refractivity contribution in [2.75, 3.05) is 115 Å². The summed E-state index contributed by atoms with van der Waals surface area (Å²) in [7, 11) is 0. The van der Waals surface area contributed by atoms with E-state index in [1.807, 2.05) is 45.0 Å². The van der Waals surface area contributed by atoms with Crippen molar-refractivity contribution >= 4 is 29.2 Å². The van der Waals surface area contributed by atoms with Crippen molar-refractivity contribution in [1.29, 1.82) is 5.53 Å². The minimum absolute atomic E-state index is 0.0903. The number of benzene rings is 2. The van der Waals surface area contributed by atoms with Crippen LogP contribution in [0, 0.1) is 17.2 Å². The van der Waals surface area contributed by atoms with Gasteiger partial charge in [0, 0.05) is 114 Å². The lowest BCUT2D eigenvalue weighted by Crippen LogP contribution is -2.49.